The number of carbonyl (C=O) groups excluding carboxylic acids is 1. The third-order valence-corrected chi connectivity index (χ3v) is 3.42. The number of carbonyl (C=O) groups is 1. The Morgan fingerprint density at radius 1 is 1.50 bits per heavy atom. The van der Waals surface area contributed by atoms with Crippen LogP contribution in [0.5, 0.6) is 0 Å². The van der Waals surface area contributed by atoms with Gasteiger partial charge >= 0.3 is 0 Å². The van der Waals surface area contributed by atoms with Crippen molar-refractivity contribution in [3.05, 3.63) is 42.6 Å². The molecule has 0 spiro atoms. The van der Waals surface area contributed by atoms with Crippen LogP contribution in [0.25, 0.3) is 22.0 Å². The van der Waals surface area contributed by atoms with Crippen LogP contribution in [0, 0.1) is 5.82 Å². The number of benzene rings is 1. The molecule has 5 nitrogen and oxygen atoms in total. The van der Waals surface area contributed by atoms with Gasteiger partial charge < -0.3 is 10.1 Å². The lowest BCUT2D eigenvalue weighted by atomic mass is 10.1. The van der Waals surface area contributed by atoms with Gasteiger partial charge in [0, 0.05) is 34.4 Å². The van der Waals surface area contributed by atoms with Crippen molar-refractivity contribution < 1.29 is 14.3 Å². The number of H-pyrrole nitrogens is 1. The van der Waals surface area contributed by atoms with Crippen LogP contribution in [0.3, 0.4) is 0 Å². The molecule has 0 bridgehead atoms. The normalized spacial score (nSPS) is 12.1. The third kappa shape index (κ3) is 2.92. The van der Waals surface area contributed by atoms with Crippen LogP contribution < -0.4 is 0 Å². The molecule has 0 aliphatic carbocycles. The minimum atomic E-state index is -1.06. The largest absolute Gasteiger partial charge is 0.383 e. The summed E-state index contributed by atoms with van der Waals surface area (Å²) in [4.78, 5) is 14.1. The molecule has 1 aromatic carbocycles. The fourth-order valence-electron chi connectivity index (χ4n) is 2.25. The number of rotatable bonds is 4. The Hall–Kier alpha value is -2.47. The summed E-state index contributed by atoms with van der Waals surface area (Å²) in [5.41, 5.74) is 2.44. The van der Waals surface area contributed by atoms with E-state index in [0.717, 1.165) is 16.5 Å². The van der Waals surface area contributed by atoms with Crippen molar-refractivity contribution in [2.75, 3.05) is 0 Å². The van der Waals surface area contributed by atoms with Crippen LogP contribution in [-0.2, 0) is 11.3 Å². The van der Waals surface area contributed by atoms with E-state index in [0.29, 0.717) is 5.52 Å². The van der Waals surface area contributed by atoms with E-state index in [1.165, 1.54) is 23.7 Å². The van der Waals surface area contributed by atoms with Gasteiger partial charge in [0.05, 0.1) is 12.7 Å². The molecule has 2 heterocycles. The summed E-state index contributed by atoms with van der Waals surface area (Å²) >= 11 is 0. The van der Waals surface area contributed by atoms with E-state index in [4.69, 9.17) is 0 Å². The highest BCUT2D eigenvalue weighted by Crippen LogP contribution is 2.28. The van der Waals surface area contributed by atoms with Crippen molar-refractivity contribution >= 4 is 16.7 Å². The van der Waals surface area contributed by atoms with Gasteiger partial charge in [-0.25, -0.2) is 4.39 Å². The van der Waals surface area contributed by atoms with Gasteiger partial charge in [-0.15, -0.1) is 0 Å². The van der Waals surface area contributed by atoms with E-state index in [-0.39, 0.29) is 25.6 Å². The molecule has 0 amide bonds. The van der Waals surface area contributed by atoms with Crippen LogP contribution in [0.2, 0.25) is 0 Å². The van der Waals surface area contributed by atoms with Gasteiger partial charge in [-0.1, -0.05) is 7.43 Å². The summed E-state index contributed by atoms with van der Waals surface area (Å²) in [5, 5.41) is 14.6. The number of hydrogen-bond acceptors (Lipinski definition) is 3. The first kappa shape index (κ1) is 15.9. The number of aliphatic hydroxyl groups is 1. The van der Waals surface area contributed by atoms with Gasteiger partial charge in [0.2, 0.25) is 0 Å². The molecule has 0 radical (unpaired) electrons. The zero-order valence-electron chi connectivity index (χ0n) is 11.4. The molecule has 2 aromatic heterocycles. The van der Waals surface area contributed by atoms with Crippen molar-refractivity contribution in [2.24, 2.45) is 0 Å². The second-order valence-corrected chi connectivity index (χ2v) is 4.97. The second-order valence-electron chi connectivity index (χ2n) is 4.97. The van der Waals surface area contributed by atoms with Gasteiger partial charge in [0.25, 0.3) is 0 Å². The molecule has 0 saturated carbocycles. The van der Waals surface area contributed by atoms with E-state index >= 15 is 0 Å². The maximum atomic E-state index is 13.2. The van der Waals surface area contributed by atoms with Crippen LogP contribution in [0.1, 0.15) is 14.4 Å². The highest BCUT2D eigenvalue weighted by molar-refractivity contribution is 5.95. The van der Waals surface area contributed by atoms with E-state index in [9.17, 15) is 14.3 Å². The van der Waals surface area contributed by atoms with Crippen molar-refractivity contribution in [3.63, 3.8) is 0 Å². The molecule has 1 unspecified atom stereocenters. The van der Waals surface area contributed by atoms with Gasteiger partial charge in [-0.05, 0) is 25.1 Å². The Morgan fingerprint density at radius 2 is 2.27 bits per heavy atom. The summed E-state index contributed by atoms with van der Waals surface area (Å²) in [6, 6.07) is 4.55. The number of nitrogens with one attached hydrogen (secondary N) is 1. The SMILES string of the molecule is C.CC(=O)C(O)Cn1cc(-c2c[nH]c3cc(F)ccc23)cn1. The van der Waals surface area contributed by atoms with E-state index in [1.807, 2.05) is 0 Å². The summed E-state index contributed by atoms with van der Waals surface area (Å²) in [7, 11) is 0. The molecule has 6 heteroatoms. The highest BCUT2D eigenvalue weighted by atomic mass is 19.1. The fourth-order valence-corrected chi connectivity index (χ4v) is 2.25. The van der Waals surface area contributed by atoms with Crippen molar-refractivity contribution in [2.45, 2.75) is 27.0 Å². The highest BCUT2D eigenvalue weighted by Gasteiger charge is 2.13. The molecule has 2 N–H and O–H groups in total. The number of halogens is 1. The minimum Gasteiger partial charge on any atom is -0.383 e. The molecular formula is C16H18FN3O2. The molecule has 1 atom stereocenters. The standard InChI is InChI=1S/C15H14FN3O2.CH4/c1-9(20)15(21)8-19-7-10(5-18-19)13-6-17-14-4-11(16)2-3-12(13)14;/h2-7,15,17,21H,8H2,1H3;1H4. The molecule has 22 heavy (non-hydrogen) atoms. The number of aromatic nitrogens is 3. The zero-order valence-corrected chi connectivity index (χ0v) is 11.4. The van der Waals surface area contributed by atoms with Crippen LogP contribution in [0.15, 0.2) is 36.8 Å². The van der Waals surface area contributed by atoms with Crippen LogP contribution in [-0.4, -0.2) is 31.8 Å². The topological polar surface area (TPSA) is 70.9 Å². The zero-order chi connectivity index (χ0) is 15.0. The first-order chi connectivity index (χ1) is 10.0. The van der Waals surface area contributed by atoms with Crippen molar-refractivity contribution in [3.8, 4) is 11.1 Å². The quantitative estimate of drug-likeness (QED) is 0.778. The maximum Gasteiger partial charge on any atom is 0.160 e. The molecule has 0 saturated heterocycles. The predicted molar refractivity (Wildman–Crippen MR) is 82.9 cm³/mol. The summed E-state index contributed by atoms with van der Waals surface area (Å²) < 4.78 is 14.7. The Morgan fingerprint density at radius 3 is 3.00 bits per heavy atom. The van der Waals surface area contributed by atoms with Gasteiger partial charge in [0.1, 0.15) is 11.9 Å². The Kier molecular flexibility index (Phi) is 4.42. The molecule has 0 aliphatic rings. The Bertz CT molecular complexity index is 807. The summed E-state index contributed by atoms with van der Waals surface area (Å²) in [5.74, 6) is -0.592. The van der Waals surface area contributed by atoms with Gasteiger partial charge in [0.15, 0.2) is 5.78 Å². The average molecular weight is 303 g/mol. The number of fused-ring (bicyclic) bond motifs is 1. The summed E-state index contributed by atoms with van der Waals surface area (Å²) in [6.45, 7) is 1.45. The Balaban J connectivity index is 0.00000176. The van der Waals surface area contributed by atoms with E-state index in [1.54, 1.807) is 24.7 Å². The minimum absolute atomic E-state index is 0. The fraction of sp³-hybridized carbons (Fsp3) is 0.250. The van der Waals surface area contributed by atoms with Gasteiger partial charge in [-0.2, -0.15) is 5.10 Å². The molecule has 0 fully saturated rings. The smallest absolute Gasteiger partial charge is 0.160 e. The number of hydrogen-bond donors (Lipinski definition) is 2. The lowest BCUT2D eigenvalue weighted by molar-refractivity contribution is -0.125. The van der Waals surface area contributed by atoms with E-state index in [2.05, 4.69) is 10.1 Å². The molecule has 3 aromatic rings. The van der Waals surface area contributed by atoms with Crippen molar-refractivity contribution in [1.82, 2.24) is 14.8 Å². The van der Waals surface area contributed by atoms with Crippen molar-refractivity contribution in [1.29, 1.82) is 0 Å². The molecule has 0 aliphatic heterocycles. The number of nitrogens with zero attached hydrogens (tertiary/aromatic N) is 2. The first-order valence-electron chi connectivity index (χ1n) is 6.52. The van der Waals surface area contributed by atoms with E-state index < -0.39 is 6.10 Å². The second kappa shape index (κ2) is 6.11. The van der Waals surface area contributed by atoms with Crippen LogP contribution >= 0.6 is 0 Å². The average Bonchev–Trinajstić information content (AvgIpc) is 3.04. The van der Waals surface area contributed by atoms with Crippen LogP contribution in [0.4, 0.5) is 4.39 Å². The number of ketones is 1. The molecule has 116 valence electrons. The molecule has 3 rings (SSSR count). The predicted octanol–water partition coefficient (Wildman–Crippen LogP) is 2.76. The summed E-state index contributed by atoms with van der Waals surface area (Å²) in [6.07, 6.45) is 4.12. The van der Waals surface area contributed by atoms with Gasteiger partial charge in [-0.3, -0.25) is 9.48 Å². The lowest BCUT2D eigenvalue weighted by Gasteiger charge is -2.05. The molecular weight excluding hydrogens is 285 g/mol. The number of Topliss-reactive ketones (excluding diaryl/α,β-unsaturated/α-hetero) is 1. The number of aliphatic hydroxyl groups excluding tert-OH is 1. The lowest BCUT2D eigenvalue weighted by Crippen LogP contribution is -2.23. The maximum absolute atomic E-state index is 13.2. The number of aromatic amines is 1. The monoisotopic (exact) mass is 303 g/mol. The Labute approximate surface area is 127 Å². The first-order valence-corrected chi connectivity index (χ1v) is 6.52. The third-order valence-electron chi connectivity index (χ3n) is 3.42.